The van der Waals surface area contributed by atoms with Gasteiger partial charge in [-0.3, -0.25) is 0 Å². The van der Waals surface area contributed by atoms with Crippen LogP contribution in [0.5, 0.6) is 0 Å². The smallest absolute Gasteiger partial charge is 0.0110 e. The number of nitrogens with zero attached hydrogens (tertiary/aromatic N) is 3. The standard InChI is InChI=1S/C16H33N3/c1-4-15(3)19-8-6-16(7-9-19)14-18-12-10-17(5-2)11-13-18/h15-16H,4-14H2,1-3H3. The summed E-state index contributed by atoms with van der Waals surface area (Å²) in [6.07, 6.45) is 4.13. The summed E-state index contributed by atoms with van der Waals surface area (Å²) < 4.78 is 0. The third kappa shape index (κ3) is 4.44. The van der Waals surface area contributed by atoms with E-state index in [1.54, 1.807) is 0 Å². The average Bonchev–Trinajstić information content (AvgIpc) is 2.48. The maximum atomic E-state index is 2.70. The van der Waals surface area contributed by atoms with E-state index >= 15 is 0 Å². The minimum absolute atomic E-state index is 0.786. The highest BCUT2D eigenvalue weighted by Crippen LogP contribution is 2.21. The van der Waals surface area contributed by atoms with E-state index in [0.29, 0.717) is 0 Å². The molecule has 2 aliphatic rings. The summed E-state index contributed by atoms with van der Waals surface area (Å²) in [4.78, 5) is 7.96. The Morgan fingerprint density at radius 1 is 0.895 bits per heavy atom. The van der Waals surface area contributed by atoms with Gasteiger partial charge in [-0.2, -0.15) is 0 Å². The molecule has 0 radical (unpaired) electrons. The molecule has 0 aromatic rings. The van der Waals surface area contributed by atoms with Crippen LogP contribution in [0.4, 0.5) is 0 Å². The van der Waals surface area contributed by atoms with Gasteiger partial charge < -0.3 is 14.7 Å². The molecule has 2 heterocycles. The Bertz CT molecular complexity index is 240. The molecule has 2 aliphatic heterocycles. The first-order valence-corrected chi connectivity index (χ1v) is 8.41. The van der Waals surface area contributed by atoms with E-state index < -0.39 is 0 Å². The molecule has 19 heavy (non-hydrogen) atoms. The van der Waals surface area contributed by atoms with Gasteiger partial charge in [0.25, 0.3) is 0 Å². The van der Waals surface area contributed by atoms with E-state index in [0.717, 1.165) is 12.0 Å². The first-order valence-electron chi connectivity index (χ1n) is 8.41. The summed E-state index contributed by atoms with van der Waals surface area (Å²) >= 11 is 0. The van der Waals surface area contributed by atoms with Crippen molar-refractivity contribution in [3.63, 3.8) is 0 Å². The van der Waals surface area contributed by atoms with Crippen molar-refractivity contribution in [1.29, 1.82) is 0 Å². The number of hydrogen-bond acceptors (Lipinski definition) is 3. The van der Waals surface area contributed by atoms with E-state index in [1.807, 2.05) is 0 Å². The topological polar surface area (TPSA) is 9.72 Å². The molecule has 0 saturated carbocycles. The molecule has 2 rings (SSSR count). The molecule has 0 bridgehead atoms. The van der Waals surface area contributed by atoms with Crippen LogP contribution in [0.1, 0.15) is 40.0 Å². The second kappa shape index (κ2) is 7.61. The molecule has 2 saturated heterocycles. The number of piperazine rings is 1. The summed E-state index contributed by atoms with van der Waals surface area (Å²) in [6, 6.07) is 0.786. The van der Waals surface area contributed by atoms with Crippen LogP contribution >= 0.6 is 0 Å². The molecule has 1 unspecified atom stereocenters. The van der Waals surface area contributed by atoms with Gasteiger partial charge in [-0.05, 0) is 51.7 Å². The average molecular weight is 267 g/mol. The lowest BCUT2D eigenvalue weighted by Crippen LogP contribution is -2.49. The Morgan fingerprint density at radius 2 is 1.47 bits per heavy atom. The number of piperidine rings is 1. The monoisotopic (exact) mass is 267 g/mol. The number of likely N-dealkylation sites (tertiary alicyclic amines) is 1. The molecule has 112 valence electrons. The fourth-order valence-corrected chi connectivity index (χ4v) is 3.49. The van der Waals surface area contributed by atoms with Gasteiger partial charge in [-0.15, -0.1) is 0 Å². The van der Waals surface area contributed by atoms with Gasteiger partial charge >= 0.3 is 0 Å². The van der Waals surface area contributed by atoms with Gasteiger partial charge in [0.1, 0.15) is 0 Å². The van der Waals surface area contributed by atoms with Crippen molar-refractivity contribution in [1.82, 2.24) is 14.7 Å². The largest absolute Gasteiger partial charge is 0.301 e. The molecule has 0 N–H and O–H groups in total. The van der Waals surface area contributed by atoms with Crippen molar-refractivity contribution < 1.29 is 0 Å². The predicted molar refractivity (Wildman–Crippen MR) is 82.6 cm³/mol. The van der Waals surface area contributed by atoms with E-state index in [1.165, 1.54) is 71.6 Å². The highest BCUT2D eigenvalue weighted by atomic mass is 15.3. The molecule has 0 aliphatic carbocycles. The van der Waals surface area contributed by atoms with Gasteiger partial charge in [0.15, 0.2) is 0 Å². The van der Waals surface area contributed by atoms with Crippen LogP contribution in [0.2, 0.25) is 0 Å². The highest BCUT2D eigenvalue weighted by Gasteiger charge is 2.24. The summed E-state index contributed by atoms with van der Waals surface area (Å²) in [7, 11) is 0. The van der Waals surface area contributed by atoms with Crippen molar-refractivity contribution in [2.45, 2.75) is 46.1 Å². The molecule has 1 atom stereocenters. The minimum Gasteiger partial charge on any atom is -0.301 e. The molecule has 3 nitrogen and oxygen atoms in total. The highest BCUT2D eigenvalue weighted by molar-refractivity contribution is 4.79. The van der Waals surface area contributed by atoms with Crippen LogP contribution in [0.25, 0.3) is 0 Å². The molecule has 0 amide bonds. The third-order valence-corrected chi connectivity index (χ3v) is 5.29. The lowest BCUT2D eigenvalue weighted by atomic mass is 9.94. The van der Waals surface area contributed by atoms with Crippen LogP contribution in [0, 0.1) is 5.92 Å². The zero-order valence-corrected chi connectivity index (χ0v) is 13.3. The molecule has 2 fully saturated rings. The summed E-state index contributed by atoms with van der Waals surface area (Å²) in [5.41, 5.74) is 0. The second-order valence-electron chi connectivity index (χ2n) is 6.47. The van der Waals surface area contributed by atoms with E-state index in [-0.39, 0.29) is 0 Å². The van der Waals surface area contributed by atoms with E-state index in [2.05, 4.69) is 35.5 Å². The van der Waals surface area contributed by atoms with Gasteiger partial charge in [-0.25, -0.2) is 0 Å². The maximum Gasteiger partial charge on any atom is 0.0110 e. The zero-order chi connectivity index (χ0) is 13.7. The van der Waals surface area contributed by atoms with Crippen LogP contribution in [0.15, 0.2) is 0 Å². The normalized spacial score (nSPS) is 26.7. The van der Waals surface area contributed by atoms with Gasteiger partial charge in [0.2, 0.25) is 0 Å². The lowest BCUT2D eigenvalue weighted by Gasteiger charge is -2.40. The van der Waals surface area contributed by atoms with Gasteiger partial charge in [0, 0.05) is 38.8 Å². The number of hydrogen-bond donors (Lipinski definition) is 0. The summed E-state index contributed by atoms with van der Waals surface area (Å²) in [5.74, 6) is 0.952. The van der Waals surface area contributed by atoms with Crippen molar-refractivity contribution in [3.8, 4) is 0 Å². The maximum absolute atomic E-state index is 2.70. The Morgan fingerprint density at radius 3 is 2.00 bits per heavy atom. The van der Waals surface area contributed by atoms with Crippen molar-refractivity contribution in [3.05, 3.63) is 0 Å². The van der Waals surface area contributed by atoms with Crippen LogP contribution in [0.3, 0.4) is 0 Å². The van der Waals surface area contributed by atoms with E-state index in [4.69, 9.17) is 0 Å². The van der Waals surface area contributed by atoms with Crippen LogP contribution in [-0.2, 0) is 0 Å². The van der Waals surface area contributed by atoms with Crippen LogP contribution < -0.4 is 0 Å². The number of rotatable bonds is 5. The Kier molecular flexibility index (Phi) is 6.11. The molecular weight excluding hydrogens is 234 g/mol. The Balaban J connectivity index is 1.66. The van der Waals surface area contributed by atoms with Gasteiger partial charge in [0.05, 0.1) is 0 Å². The molecule has 0 aromatic heterocycles. The molecular formula is C16H33N3. The predicted octanol–water partition coefficient (Wildman–Crippen LogP) is 2.13. The van der Waals surface area contributed by atoms with Crippen LogP contribution in [-0.4, -0.2) is 73.1 Å². The summed E-state index contributed by atoms with van der Waals surface area (Å²) in [5, 5.41) is 0. The second-order valence-corrected chi connectivity index (χ2v) is 6.47. The Hall–Kier alpha value is -0.120. The van der Waals surface area contributed by atoms with E-state index in [9.17, 15) is 0 Å². The first kappa shape index (κ1) is 15.3. The van der Waals surface area contributed by atoms with Crippen molar-refractivity contribution in [2.75, 3.05) is 52.4 Å². The van der Waals surface area contributed by atoms with Crippen molar-refractivity contribution >= 4 is 0 Å². The molecule has 3 heteroatoms. The quantitative estimate of drug-likeness (QED) is 0.755. The van der Waals surface area contributed by atoms with Crippen molar-refractivity contribution in [2.24, 2.45) is 5.92 Å². The first-order chi connectivity index (χ1) is 9.22. The van der Waals surface area contributed by atoms with Gasteiger partial charge in [-0.1, -0.05) is 13.8 Å². The zero-order valence-electron chi connectivity index (χ0n) is 13.3. The third-order valence-electron chi connectivity index (χ3n) is 5.29. The SMILES string of the molecule is CCC(C)N1CCC(CN2CCN(CC)CC2)CC1. The minimum atomic E-state index is 0.786. The Labute approximate surface area is 119 Å². The lowest BCUT2D eigenvalue weighted by molar-refractivity contribution is 0.0860. The number of likely N-dealkylation sites (N-methyl/N-ethyl adjacent to an activating group) is 1. The fourth-order valence-electron chi connectivity index (χ4n) is 3.49. The molecule has 0 spiro atoms. The summed E-state index contributed by atoms with van der Waals surface area (Å²) in [6.45, 7) is 17.3. The molecule has 0 aromatic carbocycles. The fraction of sp³-hybridized carbons (Fsp3) is 1.00.